The number of carbonyl (C=O) groups excluding carboxylic acids is 1. The number of aromatic nitrogens is 1. The summed E-state index contributed by atoms with van der Waals surface area (Å²) in [5.74, 6) is -0.398. The highest BCUT2D eigenvalue weighted by Gasteiger charge is 2.17. The van der Waals surface area contributed by atoms with Crippen LogP contribution >= 0.6 is 0 Å². The number of nitrogens with two attached hydrogens (primary N) is 1. The largest absolute Gasteiger partial charge is 0.366 e. The second-order valence-corrected chi connectivity index (χ2v) is 7.86. The number of rotatable bonds is 7. The molecule has 3 nitrogen and oxygen atoms in total. The van der Waals surface area contributed by atoms with Crippen LogP contribution in [0.4, 0.5) is 0 Å². The van der Waals surface area contributed by atoms with Crippen LogP contribution in [0.25, 0.3) is 21.8 Å². The van der Waals surface area contributed by atoms with Gasteiger partial charge in [0.25, 0.3) is 0 Å². The molecule has 0 aliphatic heterocycles. The van der Waals surface area contributed by atoms with Gasteiger partial charge < -0.3 is 10.3 Å². The maximum absolute atomic E-state index is 12.1. The zero-order chi connectivity index (χ0) is 20.4. The van der Waals surface area contributed by atoms with Crippen LogP contribution in [0.15, 0.2) is 54.6 Å². The van der Waals surface area contributed by atoms with E-state index in [1.807, 2.05) is 12.1 Å². The van der Waals surface area contributed by atoms with Crippen LogP contribution in [0.1, 0.15) is 53.2 Å². The van der Waals surface area contributed by atoms with Crippen molar-refractivity contribution in [3.63, 3.8) is 0 Å². The van der Waals surface area contributed by atoms with Gasteiger partial charge in [-0.15, -0.1) is 0 Å². The number of aryl methyl sites for hydroxylation is 2. The first-order valence-corrected chi connectivity index (χ1v) is 10.4. The van der Waals surface area contributed by atoms with E-state index in [2.05, 4.69) is 66.9 Å². The molecule has 1 radical (unpaired) electrons. The minimum absolute atomic E-state index is 0.398. The van der Waals surface area contributed by atoms with Crippen molar-refractivity contribution in [1.29, 1.82) is 0 Å². The highest BCUT2D eigenvalue weighted by Crippen LogP contribution is 2.33. The van der Waals surface area contributed by atoms with Crippen molar-refractivity contribution in [3.05, 3.63) is 82.9 Å². The molecule has 1 heterocycles. The number of amides is 1. The molecular formula is C26H27N2O. The predicted octanol–water partition coefficient (Wildman–Crippen LogP) is 5.78. The summed E-state index contributed by atoms with van der Waals surface area (Å²) in [6, 6.07) is 22.2. The smallest absolute Gasteiger partial charge is 0.249 e. The van der Waals surface area contributed by atoms with Crippen LogP contribution in [-0.4, -0.2) is 10.5 Å². The summed E-state index contributed by atoms with van der Waals surface area (Å²) in [6.07, 6.45) is 4.67. The molecule has 0 atom stereocenters. The molecule has 0 fully saturated rings. The van der Waals surface area contributed by atoms with E-state index in [1.165, 1.54) is 36.0 Å². The number of unbranched alkanes of at least 4 members (excludes halogenated alkanes) is 2. The number of fused-ring (bicyclic) bond motifs is 3. The number of hydrogen-bond donors (Lipinski definition) is 1. The summed E-state index contributed by atoms with van der Waals surface area (Å²) < 4.78 is 2.29. The molecule has 29 heavy (non-hydrogen) atoms. The minimum Gasteiger partial charge on any atom is -0.366 e. The Morgan fingerprint density at radius 2 is 1.83 bits per heavy atom. The van der Waals surface area contributed by atoms with Gasteiger partial charge in [0.1, 0.15) is 0 Å². The van der Waals surface area contributed by atoms with Crippen molar-refractivity contribution in [3.8, 4) is 0 Å². The molecule has 0 saturated carbocycles. The van der Waals surface area contributed by atoms with Crippen molar-refractivity contribution < 1.29 is 4.79 Å². The summed E-state index contributed by atoms with van der Waals surface area (Å²) >= 11 is 0. The van der Waals surface area contributed by atoms with Gasteiger partial charge in [-0.3, -0.25) is 4.79 Å². The second-order valence-electron chi connectivity index (χ2n) is 7.86. The fraction of sp³-hybridized carbons (Fsp3) is 0.269. The van der Waals surface area contributed by atoms with Crippen LogP contribution in [0.5, 0.6) is 0 Å². The third-order valence-corrected chi connectivity index (χ3v) is 5.65. The first-order valence-electron chi connectivity index (χ1n) is 10.4. The van der Waals surface area contributed by atoms with Gasteiger partial charge in [0.2, 0.25) is 5.91 Å². The lowest BCUT2D eigenvalue weighted by Gasteiger charge is -2.09. The lowest BCUT2D eigenvalue weighted by molar-refractivity contribution is 0.100. The van der Waals surface area contributed by atoms with Gasteiger partial charge in [-0.1, -0.05) is 61.7 Å². The maximum Gasteiger partial charge on any atom is 0.249 e. The minimum atomic E-state index is -0.398. The third-order valence-electron chi connectivity index (χ3n) is 5.65. The zero-order valence-electron chi connectivity index (χ0n) is 17.2. The van der Waals surface area contributed by atoms with E-state index >= 15 is 0 Å². The average molecular weight is 384 g/mol. The Hall–Kier alpha value is -3.07. The molecule has 0 spiro atoms. The van der Waals surface area contributed by atoms with Crippen molar-refractivity contribution in [2.45, 2.75) is 46.1 Å². The summed E-state index contributed by atoms with van der Waals surface area (Å²) in [7, 11) is 0. The fourth-order valence-corrected chi connectivity index (χ4v) is 4.07. The average Bonchev–Trinajstić information content (AvgIpc) is 3.03. The van der Waals surface area contributed by atoms with E-state index in [0.717, 1.165) is 34.8 Å². The van der Waals surface area contributed by atoms with Gasteiger partial charge in [-0.25, -0.2) is 0 Å². The van der Waals surface area contributed by atoms with Gasteiger partial charge in [0, 0.05) is 22.9 Å². The fourth-order valence-electron chi connectivity index (χ4n) is 4.07. The molecule has 2 N–H and O–H groups in total. The summed E-state index contributed by atoms with van der Waals surface area (Å²) in [5.41, 5.74) is 12.2. The Morgan fingerprint density at radius 1 is 1.03 bits per heavy atom. The molecule has 0 bridgehead atoms. The van der Waals surface area contributed by atoms with Crippen LogP contribution in [0.2, 0.25) is 0 Å². The van der Waals surface area contributed by atoms with E-state index in [0.29, 0.717) is 5.56 Å². The Kier molecular flexibility index (Phi) is 5.39. The molecule has 4 rings (SSSR count). The van der Waals surface area contributed by atoms with Crippen molar-refractivity contribution in [2.75, 3.05) is 0 Å². The van der Waals surface area contributed by atoms with Gasteiger partial charge in [-0.2, -0.15) is 0 Å². The van der Waals surface area contributed by atoms with Crippen LogP contribution < -0.4 is 5.73 Å². The van der Waals surface area contributed by atoms with Crippen LogP contribution in [-0.2, 0) is 13.0 Å². The molecular weight excluding hydrogens is 356 g/mol. The van der Waals surface area contributed by atoms with E-state index in [-0.39, 0.29) is 0 Å². The second kappa shape index (κ2) is 8.12. The van der Waals surface area contributed by atoms with Gasteiger partial charge >= 0.3 is 0 Å². The third kappa shape index (κ3) is 3.77. The Bertz CT molecular complexity index is 1170. The van der Waals surface area contributed by atoms with Crippen molar-refractivity contribution in [2.24, 2.45) is 5.73 Å². The quantitative estimate of drug-likeness (QED) is 0.404. The van der Waals surface area contributed by atoms with E-state index in [1.54, 1.807) is 0 Å². The Morgan fingerprint density at radius 3 is 2.55 bits per heavy atom. The first-order chi connectivity index (χ1) is 14.1. The molecule has 3 aromatic carbocycles. The topological polar surface area (TPSA) is 48.0 Å². The molecule has 0 aliphatic carbocycles. The molecule has 147 valence electrons. The SMILES string of the molecule is CCCCCc1c[c]c2c3c(C(N)=O)cccc3n(Cc3ccc(C)cc3)c2c1. The molecule has 3 heteroatoms. The Balaban J connectivity index is 1.91. The number of hydrogen-bond acceptors (Lipinski definition) is 1. The van der Waals surface area contributed by atoms with Gasteiger partial charge in [0.15, 0.2) is 0 Å². The maximum atomic E-state index is 12.1. The highest BCUT2D eigenvalue weighted by molar-refractivity contribution is 6.17. The summed E-state index contributed by atoms with van der Waals surface area (Å²) in [6.45, 7) is 5.07. The normalized spacial score (nSPS) is 11.4. The zero-order valence-corrected chi connectivity index (χ0v) is 17.2. The van der Waals surface area contributed by atoms with Crippen LogP contribution in [0, 0.1) is 13.0 Å². The first kappa shape index (κ1) is 19.3. The molecule has 1 aromatic heterocycles. The molecule has 0 unspecified atom stereocenters. The standard InChI is InChI=1S/C26H27N2O/c1-3-4-5-7-19-14-15-21-24(16-19)28(17-20-12-10-18(2)11-13-20)23-9-6-8-22(25(21)23)26(27)29/h6,8-14,16H,3-5,7,17H2,1-2H3,(H2,27,29). The Labute approximate surface area is 172 Å². The number of primary amides is 1. The monoisotopic (exact) mass is 383 g/mol. The van der Waals surface area contributed by atoms with Gasteiger partial charge in [0.05, 0.1) is 11.0 Å². The lowest BCUT2D eigenvalue weighted by atomic mass is 10.0. The molecule has 4 aromatic rings. The molecule has 0 saturated heterocycles. The lowest BCUT2D eigenvalue weighted by Crippen LogP contribution is -2.11. The molecule has 0 aliphatic rings. The molecule has 1 amide bonds. The highest BCUT2D eigenvalue weighted by atomic mass is 16.1. The van der Waals surface area contributed by atoms with Crippen LogP contribution in [0.3, 0.4) is 0 Å². The number of benzene rings is 3. The van der Waals surface area contributed by atoms with Gasteiger partial charge in [-0.05, 0) is 55.2 Å². The number of nitrogens with zero attached hydrogens (tertiary/aromatic N) is 1. The van der Waals surface area contributed by atoms with E-state index in [9.17, 15) is 4.79 Å². The van der Waals surface area contributed by atoms with Crippen molar-refractivity contribution >= 4 is 27.7 Å². The predicted molar refractivity (Wildman–Crippen MR) is 120 cm³/mol. The summed E-state index contributed by atoms with van der Waals surface area (Å²) in [4.78, 5) is 12.1. The van der Waals surface area contributed by atoms with Crippen molar-refractivity contribution in [1.82, 2.24) is 4.57 Å². The summed E-state index contributed by atoms with van der Waals surface area (Å²) in [5, 5.41) is 1.88. The van der Waals surface area contributed by atoms with E-state index in [4.69, 9.17) is 5.73 Å². The van der Waals surface area contributed by atoms with E-state index < -0.39 is 5.91 Å². The number of carbonyl (C=O) groups is 1.